The van der Waals surface area contributed by atoms with Crippen LogP contribution in [0, 0.1) is 0 Å². The largest absolute Gasteiger partial charge is 0.338 e. The van der Waals surface area contributed by atoms with Gasteiger partial charge in [-0.15, -0.1) is 0 Å². The molecule has 0 aliphatic carbocycles. The van der Waals surface area contributed by atoms with Crippen LogP contribution in [0.5, 0.6) is 0 Å². The number of rotatable bonds is 3. The van der Waals surface area contributed by atoms with Crippen molar-refractivity contribution in [1.82, 2.24) is 14.8 Å². The zero-order valence-electron chi connectivity index (χ0n) is 10.5. The molecule has 2 heterocycles. The van der Waals surface area contributed by atoms with Crippen molar-refractivity contribution in [3.63, 3.8) is 0 Å². The molecule has 1 saturated heterocycles. The first-order valence-corrected chi connectivity index (χ1v) is 6.07. The molecule has 0 N–H and O–H groups in total. The van der Waals surface area contributed by atoms with Crippen LogP contribution in [0.1, 0.15) is 19.4 Å². The minimum absolute atomic E-state index is 0.232. The van der Waals surface area contributed by atoms with E-state index in [0.717, 1.165) is 19.6 Å². The summed E-state index contributed by atoms with van der Waals surface area (Å²) < 4.78 is 0. The number of carbonyl (C=O) groups is 1. The highest BCUT2D eigenvalue weighted by molar-refractivity contribution is 5.79. The highest BCUT2D eigenvalue weighted by atomic mass is 16.2. The summed E-state index contributed by atoms with van der Waals surface area (Å²) in [5.41, 5.74) is 1.17. The van der Waals surface area contributed by atoms with Gasteiger partial charge in [0.1, 0.15) is 0 Å². The zero-order chi connectivity index (χ0) is 12.3. The van der Waals surface area contributed by atoms with E-state index in [2.05, 4.69) is 23.7 Å². The topological polar surface area (TPSA) is 36.4 Å². The van der Waals surface area contributed by atoms with Crippen molar-refractivity contribution < 1.29 is 4.79 Å². The van der Waals surface area contributed by atoms with Crippen LogP contribution in [0.2, 0.25) is 0 Å². The molecule has 0 saturated carbocycles. The van der Waals surface area contributed by atoms with E-state index < -0.39 is 0 Å². The van der Waals surface area contributed by atoms with Gasteiger partial charge in [0.05, 0.1) is 6.54 Å². The standard InChI is InChI=1S/C13H19N3O/c1-11(2)16-7-6-15(10-13(16)17)9-12-4-3-5-14-8-12/h3-5,8,11H,6-7,9-10H2,1-2H3. The summed E-state index contributed by atoms with van der Waals surface area (Å²) in [5.74, 6) is 0.232. The van der Waals surface area contributed by atoms with E-state index in [-0.39, 0.29) is 5.91 Å². The van der Waals surface area contributed by atoms with Gasteiger partial charge in [0.25, 0.3) is 0 Å². The fraction of sp³-hybridized carbons (Fsp3) is 0.538. The number of nitrogens with zero attached hydrogens (tertiary/aromatic N) is 3. The lowest BCUT2D eigenvalue weighted by molar-refractivity contribution is -0.138. The Labute approximate surface area is 102 Å². The van der Waals surface area contributed by atoms with Gasteiger partial charge in [-0.1, -0.05) is 6.07 Å². The van der Waals surface area contributed by atoms with Gasteiger partial charge >= 0.3 is 0 Å². The molecular weight excluding hydrogens is 214 g/mol. The lowest BCUT2D eigenvalue weighted by Crippen LogP contribution is -2.52. The Balaban J connectivity index is 1.92. The Morgan fingerprint density at radius 1 is 1.41 bits per heavy atom. The van der Waals surface area contributed by atoms with E-state index in [4.69, 9.17) is 0 Å². The first-order chi connectivity index (χ1) is 8.16. The molecule has 4 heteroatoms. The van der Waals surface area contributed by atoms with E-state index in [1.54, 1.807) is 6.20 Å². The highest BCUT2D eigenvalue weighted by Gasteiger charge is 2.25. The predicted octanol–water partition coefficient (Wildman–Crippen LogP) is 1.13. The van der Waals surface area contributed by atoms with Gasteiger partial charge < -0.3 is 4.90 Å². The molecule has 1 aliphatic rings. The van der Waals surface area contributed by atoms with E-state index in [1.807, 2.05) is 23.2 Å². The summed E-state index contributed by atoms with van der Waals surface area (Å²) in [6.07, 6.45) is 3.63. The Hall–Kier alpha value is -1.42. The van der Waals surface area contributed by atoms with Crippen LogP contribution in [-0.2, 0) is 11.3 Å². The number of piperazine rings is 1. The van der Waals surface area contributed by atoms with Crippen LogP contribution >= 0.6 is 0 Å². The van der Waals surface area contributed by atoms with Crippen LogP contribution in [-0.4, -0.2) is 46.4 Å². The van der Waals surface area contributed by atoms with Gasteiger partial charge in [-0.05, 0) is 25.5 Å². The van der Waals surface area contributed by atoms with Crippen molar-refractivity contribution >= 4 is 5.91 Å². The fourth-order valence-corrected chi connectivity index (χ4v) is 2.17. The lowest BCUT2D eigenvalue weighted by atomic mass is 10.2. The molecule has 0 aromatic carbocycles. The number of hydrogen-bond donors (Lipinski definition) is 0. The van der Waals surface area contributed by atoms with Crippen LogP contribution in [0.25, 0.3) is 0 Å². The molecule has 17 heavy (non-hydrogen) atoms. The first-order valence-electron chi connectivity index (χ1n) is 6.07. The summed E-state index contributed by atoms with van der Waals surface area (Å²) >= 11 is 0. The van der Waals surface area contributed by atoms with Crippen LogP contribution in [0.15, 0.2) is 24.5 Å². The summed E-state index contributed by atoms with van der Waals surface area (Å²) in [5, 5.41) is 0. The number of amides is 1. The van der Waals surface area contributed by atoms with Crippen molar-refractivity contribution in [3.8, 4) is 0 Å². The predicted molar refractivity (Wildman–Crippen MR) is 66.4 cm³/mol. The van der Waals surface area contributed by atoms with E-state index >= 15 is 0 Å². The van der Waals surface area contributed by atoms with Crippen molar-refractivity contribution in [1.29, 1.82) is 0 Å². The smallest absolute Gasteiger partial charge is 0.237 e. The molecule has 1 aromatic heterocycles. The molecule has 4 nitrogen and oxygen atoms in total. The minimum atomic E-state index is 0.232. The van der Waals surface area contributed by atoms with E-state index in [0.29, 0.717) is 12.6 Å². The maximum absolute atomic E-state index is 11.9. The zero-order valence-corrected chi connectivity index (χ0v) is 10.5. The first kappa shape index (κ1) is 12.0. The normalized spacial score (nSPS) is 17.8. The summed E-state index contributed by atoms with van der Waals surface area (Å²) in [6.45, 7) is 7.23. The number of carbonyl (C=O) groups excluding carboxylic acids is 1. The van der Waals surface area contributed by atoms with Crippen LogP contribution in [0.3, 0.4) is 0 Å². The third-order valence-corrected chi connectivity index (χ3v) is 3.09. The van der Waals surface area contributed by atoms with Gasteiger partial charge in [-0.2, -0.15) is 0 Å². The highest BCUT2D eigenvalue weighted by Crippen LogP contribution is 2.10. The molecule has 0 atom stereocenters. The molecule has 1 aromatic rings. The van der Waals surface area contributed by atoms with Gasteiger partial charge in [-0.25, -0.2) is 0 Å². The molecule has 0 unspecified atom stereocenters. The molecule has 92 valence electrons. The third-order valence-electron chi connectivity index (χ3n) is 3.09. The Kier molecular flexibility index (Phi) is 3.74. The monoisotopic (exact) mass is 233 g/mol. The van der Waals surface area contributed by atoms with Gasteiger partial charge in [0.2, 0.25) is 5.91 Å². The summed E-state index contributed by atoms with van der Waals surface area (Å²) in [4.78, 5) is 20.1. The van der Waals surface area contributed by atoms with Gasteiger partial charge in [-0.3, -0.25) is 14.7 Å². The summed E-state index contributed by atoms with van der Waals surface area (Å²) in [6, 6.07) is 4.29. The number of pyridine rings is 1. The quantitative estimate of drug-likeness (QED) is 0.785. The summed E-state index contributed by atoms with van der Waals surface area (Å²) in [7, 11) is 0. The molecule has 1 aliphatic heterocycles. The van der Waals surface area contributed by atoms with Crippen molar-refractivity contribution in [2.45, 2.75) is 26.4 Å². The van der Waals surface area contributed by atoms with E-state index in [9.17, 15) is 4.79 Å². The second-order valence-corrected chi connectivity index (χ2v) is 4.75. The Morgan fingerprint density at radius 2 is 2.24 bits per heavy atom. The van der Waals surface area contributed by atoms with Crippen molar-refractivity contribution in [3.05, 3.63) is 30.1 Å². The molecule has 2 rings (SSSR count). The molecule has 0 bridgehead atoms. The molecule has 0 spiro atoms. The van der Waals surface area contributed by atoms with Crippen LogP contribution < -0.4 is 0 Å². The second-order valence-electron chi connectivity index (χ2n) is 4.75. The van der Waals surface area contributed by atoms with Crippen molar-refractivity contribution in [2.75, 3.05) is 19.6 Å². The molecular formula is C13H19N3O. The second kappa shape index (κ2) is 5.27. The fourth-order valence-electron chi connectivity index (χ4n) is 2.17. The average Bonchev–Trinajstić information content (AvgIpc) is 2.30. The third kappa shape index (κ3) is 3.03. The Morgan fingerprint density at radius 3 is 2.82 bits per heavy atom. The lowest BCUT2D eigenvalue weighted by Gasteiger charge is -2.36. The number of hydrogen-bond acceptors (Lipinski definition) is 3. The van der Waals surface area contributed by atoms with E-state index in [1.165, 1.54) is 5.56 Å². The van der Waals surface area contributed by atoms with Crippen LogP contribution in [0.4, 0.5) is 0 Å². The molecule has 1 fully saturated rings. The Bertz CT molecular complexity index is 378. The number of aromatic nitrogens is 1. The van der Waals surface area contributed by atoms with Gasteiger partial charge in [0.15, 0.2) is 0 Å². The average molecular weight is 233 g/mol. The molecule has 1 amide bonds. The molecule has 0 radical (unpaired) electrons. The maximum atomic E-state index is 11.9. The van der Waals surface area contributed by atoms with Crippen molar-refractivity contribution in [2.24, 2.45) is 0 Å². The van der Waals surface area contributed by atoms with Gasteiger partial charge in [0, 0.05) is 38.1 Å². The minimum Gasteiger partial charge on any atom is -0.338 e. The maximum Gasteiger partial charge on any atom is 0.237 e. The SMILES string of the molecule is CC(C)N1CCN(Cc2cccnc2)CC1=O.